The van der Waals surface area contributed by atoms with Crippen LogP contribution < -0.4 is 0 Å². The molecule has 88 heavy (non-hydrogen) atoms. The molecule has 32 atom stereocenters. The van der Waals surface area contributed by atoms with Gasteiger partial charge in [0, 0.05) is 38.2 Å². The largest absolute Gasteiger partial charge is 0.462 e. The first-order valence-corrected chi connectivity index (χ1v) is 31.2. The fourth-order valence-corrected chi connectivity index (χ4v) is 17.7. The summed E-state index contributed by atoms with van der Waals surface area (Å²) >= 11 is 0. The number of ether oxygens (including phenoxy) is 13. The van der Waals surface area contributed by atoms with Crippen molar-refractivity contribution < 1.29 is 132 Å². The lowest BCUT2D eigenvalue weighted by molar-refractivity contribution is -0.390. The molecule has 27 nitrogen and oxygen atoms in total. The van der Waals surface area contributed by atoms with E-state index in [1.54, 1.807) is 0 Å². The van der Waals surface area contributed by atoms with Crippen molar-refractivity contribution in [2.24, 2.45) is 39.4 Å². The summed E-state index contributed by atoms with van der Waals surface area (Å²) in [5.41, 5.74) is -0.808. The number of allylic oxidation sites excluding steroid dienone is 2. The lowest BCUT2D eigenvalue weighted by Gasteiger charge is -2.64. The molecule has 4 aliphatic carbocycles. The molecule has 0 radical (unpaired) electrons. The molecule has 27 heteroatoms. The number of esters is 2. The van der Waals surface area contributed by atoms with Crippen LogP contribution in [0.5, 0.6) is 0 Å². The van der Waals surface area contributed by atoms with Gasteiger partial charge >= 0.3 is 11.9 Å². The van der Waals surface area contributed by atoms with Crippen LogP contribution in [0.2, 0.25) is 0 Å². The van der Waals surface area contributed by atoms with Crippen molar-refractivity contribution in [1.29, 1.82) is 0 Å². The van der Waals surface area contributed by atoms with E-state index in [4.69, 9.17) is 61.6 Å². The summed E-state index contributed by atoms with van der Waals surface area (Å²) in [5, 5.41) is 132. The number of hydrogen-bond acceptors (Lipinski definition) is 27. The normalized spacial score (nSPS) is 51.2. The van der Waals surface area contributed by atoms with Gasteiger partial charge < -0.3 is 123 Å². The van der Waals surface area contributed by atoms with E-state index in [9.17, 15) is 70.9 Å². The van der Waals surface area contributed by atoms with E-state index in [-0.39, 0.29) is 29.1 Å². The Labute approximate surface area is 512 Å². The fourth-order valence-electron chi connectivity index (χ4n) is 17.7. The molecule has 0 aromatic carbocycles. The first-order chi connectivity index (χ1) is 41.4. The standard InChI is InChI=1S/C61H96O27/c1-25(2)19-28(80-27(4)64)20-60(9)36-14-17-59(8)30-11-12-35-57(5,6)37(15-16-58(35,7)29(30)13-18-61(36,59)56(75)88-60)84-55-50(40(68)34(24-78-55)83-53-43(71)41(69)38(66)32(21-62)81-53)87-52-44(72)42(70)47(26(3)79-52)85-51-45(73)48(31(65)23-77-51)86-54-46(74)49(76-10)39(67)33(22-63)82-54/h11,26,28-29,31-55,62-63,65-74H,1,12-24H2,2-10H3/t26-,28+,29-,31-,32-,33-,34-,35+,36-,37+,38+,39-,40+,41+,42+,43-,44-,45-,46-,47-,48+,49+,50-,51+,52+,53+,54+,55+,58-,59+,60+,61-/m1/s1. The first-order valence-electron chi connectivity index (χ1n) is 31.2. The number of rotatable bonds is 18. The van der Waals surface area contributed by atoms with Crippen LogP contribution >= 0.6 is 0 Å². The lowest BCUT2D eigenvalue weighted by atomic mass is 9.41. The fraction of sp³-hybridized carbons (Fsp3) is 0.902. The van der Waals surface area contributed by atoms with Gasteiger partial charge in [-0.05, 0) is 88.4 Å². The molecule has 0 amide bonds. The number of carbonyl (C=O) groups excluding carboxylic acids is 2. The molecule has 12 N–H and O–H groups in total. The Bertz CT molecular complexity index is 2490. The van der Waals surface area contributed by atoms with Gasteiger partial charge in [-0.15, -0.1) is 6.58 Å². The van der Waals surface area contributed by atoms with Crippen LogP contribution in [-0.2, 0) is 71.2 Å². The zero-order valence-electron chi connectivity index (χ0n) is 51.6. The minimum absolute atomic E-state index is 0.0287. The SMILES string of the molecule is C=C(C)C[C@@H](C[C@]1(C)OC(=O)[C@]23CC[C@@H]4C(=CC[C@H]5C(C)(C)[C@@H](O[C@@H]6OC[C@@H](O[C@@H]7O[C@H](CO)[C@H](O)[C@H](O)[C@H]7O)[C@H](O)[C@H]6O[C@@H]6O[C@H](C)[C@@H](O[C@@H]7OC[C@@H](O)[C@H](O[C@@H]8O[C@H](CO)[C@@H](O)[C@H](OC)[C@H]8O)[C@H]7O)[C@@H](O)[C@H]6O)CC[C@]45C)[C@]2(C)CC[C@@H]31)OC(C)=O. The van der Waals surface area contributed by atoms with Crippen LogP contribution in [0.1, 0.15) is 113 Å². The highest BCUT2D eigenvalue weighted by Crippen LogP contribution is 2.76. The second-order valence-corrected chi connectivity index (χ2v) is 27.9. The minimum atomic E-state index is -1.96. The van der Waals surface area contributed by atoms with Crippen LogP contribution in [0, 0.1) is 39.4 Å². The predicted molar refractivity (Wildman–Crippen MR) is 298 cm³/mol. The molecule has 1 spiro atoms. The van der Waals surface area contributed by atoms with Crippen molar-refractivity contribution in [2.45, 2.75) is 272 Å². The molecular weight excluding hydrogens is 1160 g/mol. The molecule has 0 bridgehead atoms. The Morgan fingerprint density at radius 1 is 0.648 bits per heavy atom. The average molecular weight is 1260 g/mol. The van der Waals surface area contributed by atoms with E-state index in [0.29, 0.717) is 38.5 Å². The third-order valence-corrected chi connectivity index (χ3v) is 22.2. The first kappa shape index (κ1) is 68.4. The van der Waals surface area contributed by atoms with Gasteiger partial charge in [0.25, 0.3) is 0 Å². The number of methoxy groups -OCH3 is 1. The minimum Gasteiger partial charge on any atom is -0.462 e. The van der Waals surface area contributed by atoms with E-state index in [0.717, 1.165) is 24.8 Å². The quantitative estimate of drug-likeness (QED) is 0.0556. The van der Waals surface area contributed by atoms with E-state index in [2.05, 4.69) is 40.3 Å². The summed E-state index contributed by atoms with van der Waals surface area (Å²) < 4.78 is 78.2. The van der Waals surface area contributed by atoms with Crippen LogP contribution in [-0.4, -0.2) is 266 Å². The number of aliphatic hydroxyl groups excluding tert-OH is 12. The number of carbonyl (C=O) groups is 2. The molecule has 9 fully saturated rings. The van der Waals surface area contributed by atoms with E-state index in [1.165, 1.54) is 26.5 Å². The van der Waals surface area contributed by atoms with E-state index < -0.39 is 208 Å². The molecule has 0 unspecified atom stereocenters. The molecule has 10 aliphatic rings. The van der Waals surface area contributed by atoms with Gasteiger partial charge in [0.15, 0.2) is 31.5 Å². The number of aliphatic hydroxyl groups is 12. The monoisotopic (exact) mass is 1260 g/mol. The van der Waals surface area contributed by atoms with Crippen molar-refractivity contribution in [1.82, 2.24) is 0 Å². The van der Waals surface area contributed by atoms with Gasteiger partial charge in [0.1, 0.15) is 115 Å². The summed E-state index contributed by atoms with van der Waals surface area (Å²) in [6.45, 7) is 17.3. The van der Waals surface area contributed by atoms with E-state index in [1.807, 2.05) is 13.8 Å². The second kappa shape index (κ2) is 26.0. The van der Waals surface area contributed by atoms with Crippen LogP contribution in [0.15, 0.2) is 23.8 Å². The molecule has 6 saturated heterocycles. The zero-order chi connectivity index (χ0) is 64.1. The molecular formula is C61H96O27. The van der Waals surface area contributed by atoms with Crippen LogP contribution in [0.3, 0.4) is 0 Å². The summed E-state index contributed by atoms with van der Waals surface area (Å²) in [5.74, 6) is -0.542. The maximum absolute atomic E-state index is 14.7. The highest BCUT2D eigenvalue weighted by atomic mass is 16.8. The highest BCUT2D eigenvalue weighted by molar-refractivity contribution is 5.83. The number of fused-ring (bicyclic) bond motifs is 4. The maximum Gasteiger partial charge on any atom is 0.313 e. The Balaban J connectivity index is 0.857. The van der Waals surface area contributed by atoms with Gasteiger partial charge in [0.05, 0.1) is 44.1 Å². The van der Waals surface area contributed by atoms with Gasteiger partial charge in [-0.25, -0.2) is 0 Å². The predicted octanol–water partition coefficient (Wildman–Crippen LogP) is -1.38. The molecule has 6 aliphatic heterocycles. The zero-order valence-corrected chi connectivity index (χ0v) is 51.6. The Hall–Kier alpha value is -2.50. The summed E-state index contributed by atoms with van der Waals surface area (Å²) in [7, 11) is 1.21. The Morgan fingerprint density at radius 3 is 1.92 bits per heavy atom. The second-order valence-electron chi connectivity index (χ2n) is 27.9. The summed E-state index contributed by atoms with van der Waals surface area (Å²) in [4.78, 5) is 26.9. The van der Waals surface area contributed by atoms with Gasteiger partial charge in [-0.3, -0.25) is 9.59 Å². The lowest BCUT2D eigenvalue weighted by Crippen LogP contribution is -2.66. The van der Waals surface area contributed by atoms with Crippen molar-refractivity contribution in [3.63, 3.8) is 0 Å². The smallest absolute Gasteiger partial charge is 0.313 e. The van der Waals surface area contributed by atoms with E-state index >= 15 is 0 Å². The van der Waals surface area contributed by atoms with Gasteiger partial charge in [0.2, 0.25) is 0 Å². The third kappa shape index (κ3) is 11.8. The molecule has 502 valence electrons. The Morgan fingerprint density at radius 2 is 1.26 bits per heavy atom. The number of hydrogen-bond donors (Lipinski definition) is 12. The van der Waals surface area contributed by atoms with Crippen molar-refractivity contribution in [3.8, 4) is 0 Å². The highest BCUT2D eigenvalue weighted by Gasteiger charge is 2.76. The maximum atomic E-state index is 14.7. The molecule has 0 aromatic rings. The summed E-state index contributed by atoms with van der Waals surface area (Å²) in [6.07, 6.45) is -29.8. The molecule has 10 rings (SSSR count). The average Bonchev–Trinajstić information content (AvgIpc) is 1.45. The van der Waals surface area contributed by atoms with Crippen LogP contribution in [0.4, 0.5) is 0 Å². The molecule has 0 aromatic heterocycles. The van der Waals surface area contributed by atoms with Crippen LogP contribution in [0.25, 0.3) is 0 Å². The topological polar surface area (TPSA) is 397 Å². The number of cyclic esters (lactones) is 1. The van der Waals surface area contributed by atoms with Crippen molar-refractivity contribution in [3.05, 3.63) is 23.8 Å². The van der Waals surface area contributed by atoms with Gasteiger partial charge in [-0.1, -0.05) is 44.9 Å². The van der Waals surface area contributed by atoms with Gasteiger partial charge in [-0.2, -0.15) is 0 Å². The molecule has 3 saturated carbocycles. The molecule has 6 heterocycles. The Kier molecular flexibility index (Phi) is 20.2. The third-order valence-electron chi connectivity index (χ3n) is 22.2. The van der Waals surface area contributed by atoms with Crippen molar-refractivity contribution >= 4 is 11.9 Å². The summed E-state index contributed by atoms with van der Waals surface area (Å²) in [6, 6.07) is 0. The van der Waals surface area contributed by atoms with Crippen molar-refractivity contribution in [2.75, 3.05) is 33.5 Å².